The number of nitrogens with one attached hydrogen (secondary N) is 1. The molecule has 0 atom stereocenters. The van der Waals surface area contributed by atoms with E-state index in [4.69, 9.17) is 11.6 Å². The lowest BCUT2D eigenvalue weighted by atomic mass is 10.1. The second-order valence-electron chi connectivity index (χ2n) is 4.08. The third-order valence-electron chi connectivity index (χ3n) is 2.61. The van der Waals surface area contributed by atoms with E-state index >= 15 is 0 Å². The van der Waals surface area contributed by atoms with Crippen LogP contribution in [0.2, 0.25) is 5.02 Å². The monoisotopic (exact) mass is 327 g/mol. The second-order valence-corrected chi connectivity index (χ2v) is 5.34. The number of aryl methyl sites for hydroxylation is 1. The summed E-state index contributed by atoms with van der Waals surface area (Å²) >= 11 is 9.25. The van der Waals surface area contributed by atoms with Gasteiger partial charge in [0.2, 0.25) is 0 Å². The highest BCUT2D eigenvalue weighted by molar-refractivity contribution is 9.10. The van der Waals surface area contributed by atoms with Crippen molar-refractivity contribution in [2.75, 3.05) is 5.32 Å². The molecule has 0 radical (unpaired) electrons. The molecule has 0 aliphatic carbocycles. The lowest BCUT2D eigenvalue weighted by molar-refractivity contribution is 0.621. The molecule has 0 saturated carbocycles. The van der Waals surface area contributed by atoms with Gasteiger partial charge in [-0.2, -0.15) is 0 Å². The van der Waals surface area contributed by atoms with Gasteiger partial charge in [-0.05, 0) is 58.2 Å². The highest BCUT2D eigenvalue weighted by Gasteiger charge is 2.03. The molecule has 2 aromatic carbocycles. The Morgan fingerprint density at radius 3 is 2.67 bits per heavy atom. The van der Waals surface area contributed by atoms with Gasteiger partial charge in [0, 0.05) is 17.3 Å². The van der Waals surface area contributed by atoms with Crippen LogP contribution in [0.25, 0.3) is 0 Å². The first-order valence-corrected chi connectivity index (χ1v) is 6.67. The molecule has 94 valence electrons. The largest absolute Gasteiger partial charge is 0.381 e. The van der Waals surface area contributed by atoms with Gasteiger partial charge < -0.3 is 5.32 Å². The van der Waals surface area contributed by atoms with Crippen LogP contribution in [0.1, 0.15) is 11.1 Å². The zero-order chi connectivity index (χ0) is 13.1. The average Bonchev–Trinajstić information content (AvgIpc) is 2.32. The van der Waals surface area contributed by atoms with E-state index in [9.17, 15) is 4.39 Å². The van der Waals surface area contributed by atoms with E-state index in [2.05, 4.69) is 21.2 Å². The fraction of sp³-hybridized carbons (Fsp3) is 0.143. The number of benzene rings is 2. The van der Waals surface area contributed by atoms with Crippen LogP contribution in [0, 0.1) is 12.7 Å². The van der Waals surface area contributed by atoms with Gasteiger partial charge in [0.15, 0.2) is 0 Å². The summed E-state index contributed by atoms with van der Waals surface area (Å²) in [6.45, 7) is 2.56. The summed E-state index contributed by atoms with van der Waals surface area (Å²) in [5.41, 5.74) is 2.84. The second kappa shape index (κ2) is 5.72. The summed E-state index contributed by atoms with van der Waals surface area (Å²) in [7, 11) is 0. The molecule has 2 rings (SSSR count). The maximum atomic E-state index is 13.3. The maximum Gasteiger partial charge on any atom is 0.139 e. The van der Waals surface area contributed by atoms with Crippen molar-refractivity contribution >= 4 is 33.2 Å². The molecule has 1 nitrogen and oxygen atoms in total. The lowest BCUT2D eigenvalue weighted by Gasteiger charge is -2.09. The summed E-state index contributed by atoms with van der Waals surface area (Å²) in [4.78, 5) is 0. The van der Waals surface area contributed by atoms with E-state index in [0.29, 0.717) is 11.0 Å². The Labute approximate surface area is 119 Å². The van der Waals surface area contributed by atoms with Crippen molar-refractivity contribution in [3.05, 3.63) is 62.8 Å². The van der Waals surface area contributed by atoms with Crippen molar-refractivity contribution < 1.29 is 4.39 Å². The van der Waals surface area contributed by atoms with Crippen molar-refractivity contribution in [1.29, 1.82) is 0 Å². The molecule has 0 amide bonds. The van der Waals surface area contributed by atoms with Crippen LogP contribution in [0.15, 0.2) is 40.9 Å². The van der Waals surface area contributed by atoms with E-state index in [1.807, 2.05) is 31.2 Å². The molecule has 0 aliphatic heterocycles. The van der Waals surface area contributed by atoms with Crippen molar-refractivity contribution in [1.82, 2.24) is 0 Å². The summed E-state index contributed by atoms with van der Waals surface area (Å²) in [5, 5.41) is 3.87. The molecule has 4 heteroatoms. The molecule has 1 N–H and O–H groups in total. The van der Waals surface area contributed by atoms with Gasteiger partial charge in [0.25, 0.3) is 0 Å². The molecular formula is C14H12BrClFN. The molecule has 0 bridgehead atoms. The topological polar surface area (TPSA) is 12.0 Å². The summed E-state index contributed by atoms with van der Waals surface area (Å²) in [6.07, 6.45) is 0. The molecule has 0 unspecified atom stereocenters. The predicted octanol–water partition coefficient (Wildman–Crippen LogP) is 5.16. The van der Waals surface area contributed by atoms with Crippen molar-refractivity contribution in [2.45, 2.75) is 13.5 Å². The summed E-state index contributed by atoms with van der Waals surface area (Å²) in [5.74, 6) is -0.282. The number of hydrogen-bond donors (Lipinski definition) is 1. The molecule has 0 saturated heterocycles. The van der Waals surface area contributed by atoms with E-state index in [1.165, 1.54) is 6.07 Å². The fourth-order valence-corrected chi connectivity index (χ4v) is 2.15. The zero-order valence-corrected chi connectivity index (χ0v) is 12.1. The Morgan fingerprint density at radius 2 is 2.00 bits per heavy atom. The van der Waals surface area contributed by atoms with Crippen LogP contribution in [0.5, 0.6) is 0 Å². The maximum absolute atomic E-state index is 13.3. The van der Waals surface area contributed by atoms with E-state index < -0.39 is 0 Å². The van der Waals surface area contributed by atoms with Crippen LogP contribution in [-0.4, -0.2) is 0 Å². The van der Waals surface area contributed by atoms with Gasteiger partial charge in [-0.15, -0.1) is 0 Å². The van der Waals surface area contributed by atoms with Gasteiger partial charge in [-0.1, -0.05) is 23.7 Å². The average molecular weight is 329 g/mol. The predicted molar refractivity (Wildman–Crippen MR) is 77.6 cm³/mol. The van der Waals surface area contributed by atoms with Crippen LogP contribution in [0.4, 0.5) is 10.1 Å². The van der Waals surface area contributed by atoms with Crippen LogP contribution in [0.3, 0.4) is 0 Å². The third kappa shape index (κ3) is 3.24. The standard InChI is InChI=1S/C14H12BrClFN/c1-9-2-3-10(13(16)6-9)8-18-11-4-5-12(15)14(17)7-11/h2-7,18H,8H2,1H3. The highest BCUT2D eigenvalue weighted by atomic mass is 79.9. The molecule has 18 heavy (non-hydrogen) atoms. The number of rotatable bonds is 3. The minimum Gasteiger partial charge on any atom is -0.381 e. The van der Waals surface area contributed by atoms with Gasteiger partial charge in [-0.25, -0.2) is 4.39 Å². The van der Waals surface area contributed by atoms with E-state index in [0.717, 1.165) is 21.8 Å². The third-order valence-corrected chi connectivity index (χ3v) is 3.61. The Kier molecular flexibility index (Phi) is 4.25. The first-order valence-electron chi connectivity index (χ1n) is 5.50. The molecule has 0 aromatic heterocycles. The number of hydrogen-bond acceptors (Lipinski definition) is 1. The Morgan fingerprint density at radius 1 is 1.22 bits per heavy atom. The quantitative estimate of drug-likeness (QED) is 0.820. The van der Waals surface area contributed by atoms with Crippen molar-refractivity contribution in [3.63, 3.8) is 0 Å². The van der Waals surface area contributed by atoms with Crippen LogP contribution < -0.4 is 5.32 Å². The fourth-order valence-electron chi connectivity index (χ4n) is 1.60. The van der Waals surface area contributed by atoms with Gasteiger partial charge in [-0.3, -0.25) is 0 Å². The zero-order valence-electron chi connectivity index (χ0n) is 9.81. The lowest BCUT2D eigenvalue weighted by Crippen LogP contribution is -2.00. The van der Waals surface area contributed by atoms with Crippen molar-refractivity contribution in [2.24, 2.45) is 0 Å². The smallest absolute Gasteiger partial charge is 0.139 e. The van der Waals surface area contributed by atoms with Crippen LogP contribution >= 0.6 is 27.5 Å². The first-order chi connectivity index (χ1) is 8.56. The Balaban J connectivity index is 2.09. The minimum atomic E-state index is -0.282. The molecule has 0 fully saturated rings. The first kappa shape index (κ1) is 13.4. The van der Waals surface area contributed by atoms with Crippen molar-refractivity contribution in [3.8, 4) is 0 Å². The summed E-state index contributed by atoms with van der Waals surface area (Å²) < 4.78 is 13.8. The SMILES string of the molecule is Cc1ccc(CNc2ccc(Br)c(F)c2)c(Cl)c1. The molecule has 0 aliphatic rings. The highest BCUT2D eigenvalue weighted by Crippen LogP contribution is 2.22. The van der Waals surface area contributed by atoms with Gasteiger partial charge in [0.1, 0.15) is 5.82 Å². The summed E-state index contributed by atoms with van der Waals surface area (Å²) in [6, 6.07) is 10.8. The molecule has 2 aromatic rings. The van der Waals surface area contributed by atoms with Gasteiger partial charge in [0.05, 0.1) is 4.47 Å². The van der Waals surface area contributed by atoms with E-state index in [1.54, 1.807) is 6.07 Å². The van der Waals surface area contributed by atoms with E-state index in [-0.39, 0.29) is 5.82 Å². The van der Waals surface area contributed by atoms with Crippen LogP contribution in [-0.2, 0) is 6.54 Å². The molecular weight excluding hydrogens is 317 g/mol. The molecule has 0 heterocycles. The number of halogens is 3. The Bertz CT molecular complexity index is 572. The normalized spacial score (nSPS) is 10.4. The Hall–Kier alpha value is -1.06. The molecule has 0 spiro atoms. The minimum absolute atomic E-state index is 0.282. The van der Waals surface area contributed by atoms with Gasteiger partial charge >= 0.3 is 0 Å². The number of anilines is 1.